The Hall–Kier alpha value is -3.23. The molecule has 3 aromatic carbocycles. The van der Waals surface area contributed by atoms with Crippen molar-refractivity contribution in [3.05, 3.63) is 82.9 Å². The lowest BCUT2D eigenvalue weighted by atomic mass is 10.2. The minimum Gasteiger partial charge on any atom is -0.492 e. The van der Waals surface area contributed by atoms with Crippen molar-refractivity contribution in [2.45, 2.75) is 24.8 Å². The molecule has 1 aliphatic heterocycles. The minimum atomic E-state index is -3.89. The van der Waals surface area contributed by atoms with Crippen LogP contribution in [0.15, 0.2) is 71.6 Å². The van der Waals surface area contributed by atoms with Gasteiger partial charge in [-0.15, -0.1) is 0 Å². The number of amides is 1. The molecule has 0 radical (unpaired) electrons. The Morgan fingerprint density at radius 1 is 1.12 bits per heavy atom. The van der Waals surface area contributed by atoms with Crippen molar-refractivity contribution >= 4 is 33.2 Å². The molecule has 178 valence electrons. The summed E-state index contributed by atoms with van der Waals surface area (Å²) in [6.45, 7) is 4.08. The zero-order valence-corrected chi connectivity index (χ0v) is 20.4. The van der Waals surface area contributed by atoms with E-state index >= 15 is 0 Å². The molecule has 0 saturated carbocycles. The van der Waals surface area contributed by atoms with E-state index < -0.39 is 22.0 Å². The molecule has 0 bridgehead atoms. The van der Waals surface area contributed by atoms with Gasteiger partial charge in [-0.2, -0.15) is 0 Å². The van der Waals surface area contributed by atoms with Crippen molar-refractivity contribution in [3.8, 4) is 11.5 Å². The first-order valence-corrected chi connectivity index (χ1v) is 12.6. The number of carbonyl (C=O) groups excluding carboxylic acids is 1. The highest BCUT2D eigenvalue weighted by atomic mass is 35.5. The number of ether oxygens (including phenoxy) is 2. The summed E-state index contributed by atoms with van der Waals surface area (Å²) in [4.78, 5) is 13.0. The van der Waals surface area contributed by atoms with Crippen LogP contribution in [0.2, 0.25) is 5.02 Å². The summed E-state index contributed by atoms with van der Waals surface area (Å²) in [6, 6.07) is 18.8. The Balaban J connectivity index is 1.45. The first-order chi connectivity index (χ1) is 16.3. The standard InChI is InChI=1S/C25H25ClN2O5S/c1-17-7-11-20(12-8-17)34(30,31)28-16-24(33-23-6-4-3-5-22(23)28)25(29)27-13-14-32-19-10-9-18(2)21(26)15-19/h3-12,15,24H,13-14,16H2,1-2H3,(H,27,29)/t24-/m1/s1. The monoisotopic (exact) mass is 500 g/mol. The third kappa shape index (κ3) is 5.13. The number of nitrogens with zero attached hydrogens (tertiary/aromatic N) is 1. The van der Waals surface area contributed by atoms with Crippen LogP contribution in [-0.4, -0.2) is 40.1 Å². The Bertz CT molecular complexity index is 1290. The van der Waals surface area contributed by atoms with Gasteiger partial charge in [0.2, 0.25) is 0 Å². The van der Waals surface area contributed by atoms with Gasteiger partial charge in [-0.1, -0.05) is 47.5 Å². The molecule has 0 saturated heterocycles. The van der Waals surface area contributed by atoms with Crippen molar-refractivity contribution in [2.24, 2.45) is 0 Å². The van der Waals surface area contributed by atoms with Crippen LogP contribution in [0, 0.1) is 13.8 Å². The third-order valence-corrected chi connectivity index (χ3v) is 7.65. The van der Waals surface area contributed by atoms with Crippen molar-refractivity contribution < 1.29 is 22.7 Å². The van der Waals surface area contributed by atoms with E-state index in [4.69, 9.17) is 21.1 Å². The van der Waals surface area contributed by atoms with Gasteiger partial charge in [0, 0.05) is 5.02 Å². The molecule has 1 heterocycles. The second-order valence-corrected chi connectivity index (χ2v) is 10.2. The van der Waals surface area contributed by atoms with Gasteiger partial charge in [0.15, 0.2) is 6.10 Å². The molecular weight excluding hydrogens is 476 g/mol. The molecule has 1 amide bonds. The number of sulfonamides is 1. The van der Waals surface area contributed by atoms with E-state index in [0.29, 0.717) is 22.2 Å². The number of fused-ring (bicyclic) bond motifs is 1. The van der Waals surface area contributed by atoms with Crippen LogP contribution in [0.25, 0.3) is 0 Å². The highest BCUT2D eigenvalue weighted by Gasteiger charge is 2.37. The molecular formula is C25H25ClN2O5S. The zero-order chi connectivity index (χ0) is 24.3. The van der Waals surface area contributed by atoms with E-state index in [2.05, 4.69) is 5.32 Å². The second kappa shape index (κ2) is 9.95. The maximum atomic E-state index is 13.4. The lowest BCUT2D eigenvalue weighted by Crippen LogP contribution is -2.51. The van der Waals surface area contributed by atoms with E-state index in [0.717, 1.165) is 11.1 Å². The number of nitrogens with one attached hydrogen (secondary N) is 1. The Kier molecular flexibility index (Phi) is 7.00. The number of anilines is 1. The highest BCUT2D eigenvalue weighted by molar-refractivity contribution is 7.92. The number of carbonyl (C=O) groups is 1. The fourth-order valence-corrected chi connectivity index (χ4v) is 5.17. The molecule has 0 unspecified atom stereocenters. The maximum absolute atomic E-state index is 13.4. The van der Waals surface area contributed by atoms with Gasteiger partial charge in [0.1, 0.15) is 18.1 Å². The maximum Gasteiger partial charge on any atom is 0.264 e. The van der Waals surface area contributed by atoms with E-state index in [9.17, 15) is 13.2 Å². The highest BCUT2D eigenvalue weighted by Crippen LogP contribution is 2.36. The van der Waals surface area contributed by atoms with Crippen LogP contribution in [0.5, 0.6) is 11.5 Å². The topological polar surface area (TPSA) is 84.9 Å². The summed E-state index contributed by atoms with van der Waals surface area (Å²) in [6.07, 6.45) is -1.01. The van der Waals surface area contributed by atoms with E-state index in [1.54, 1.807) is 60.7 Å². The third-order valence-electron chi connectivity index (χ3n) is 5.45. The molecule has 3 aromatic rings. The number of hydrogen-bond acceptors (Lipinski definition) is 5. The van der Waals surface area contributed by atoms with Gasteiger partial charge in [-0.25, -0.2) is 8.42 Å². The number of benzene rings is 3. The van der Waals surface area contributed by atoms with Gasteiger partial charge in [-0.3, -0.25) is 9.10 Å². The number of rotatable bonds is 7. The van der Waals surface area contributed by atoms with Gasteiger partial charge >= 0.3 is 0 Å². The van der Waals surface area contributed by atoms with Crippen LogP contribution in [0.3, 0.4) is 0 Å². The van der Waals surface area contributed by atoms with Crippen molar-refractivity contribution in [1.82, 2.24) is 5.32 Å². The van der Waals surface area contributed by atoms with Crippen LogP contribution in [0.1, 0.15) is 11.1 Å². The normalized spacial score (nSPS) is 15.3. The molecule has 0 spiro atoms. The van der Waals surface area contributed by atoms with Gasteiger partial charge in [-0.05, 0) is 55.8 Å². The number of para-hydroxylation sites is 2. The summed E-state index contributed by atoms with van der Waals surface area (Å²) < 4.78 is 39.5. The summed E-state index contributed by atoms with van der Waals surface area (Å²) in [5, 5.41) is 3.36. The molecule has 7 nitrogen and oxygen atoms in total. The fraction of sp³-hybridized carbons (Fsp3) is 0.240. The fourth-order valence-electron chi connectivity index (χ4n) is 3.52. The van der Waals surface area contributed by atoms with Crippen LogP contribution >= 0.6 is 11.6 Å². The first kappa shape index (κ1) is 23.9. The zero-order valence-electron chi connectivity index (χ0n) is 18.8. The van der Waals surface area contributed by atoms with Gasteiger partial charge < -0.3 is 14.8 Å². The molecule has 9 heteroatoms. The average Bonchev–Trinajstić information content (AvgIpc) is 2.83. The van der Waals surface area contributed by atoms with Gasteiger partial charge in [0.25, 0.3) is 15.9 Å². The van der Waals surface area contributed by atoms with Gasteiger partial charge in [0.05, 0.1) is 23.7 Å². The molecule has 34 heavy (non-hydrogen) atoms. The first-order valence-electron chi connectivity index (χ1n) is 10.8. The smallest absolute Gasteiger partial charge is 0.264 e. The summed E-state index contributed by atoms with van der Waals surface area (Å²) >= 11 is 6.10. The molecule has 4 rings (SSSR count). The minimum absolute atomic E-state index is 0.145. The predicted molar refractivity (Wildman–Crippen MR) is 131 cm³/mol. The SMILES string of the molecule is Cc1ccc(S(=O)(=O)N2C[C@H](C(=O)NCCOc3ccc(C)c(Cl)c3)Oc3ccccc32)cc1. The molecule has 1 atom stereocenters. The van der Waals surface area contributed by atoms with Crippen LogP contribution in [0.4, 0.5) is 5.69 Å². The molecule has 0 aliphatic carbocycles. The molecule has 0 fully saturated rings. The lowest BCUT2D eigenvalue weighted by Gasteiger charge is -2.34. The number of aryl methyl sites for hydroxylation is 2. The summed E-state index contributed by atoms with van der Waals surface area (Å²) in [7, 11) is -3.89. The predicted octanol–water partition coefficient (Wildman–Crippen LogP) is 4.11. The lowest BCUT2D eigenvalue weighted by molar-refractivity contribution is -0.127. The summed E-state index contributed by atoms with van der Waals surface area (Å²) in [5.74, 6) is 0.502. The average molecular weight is 501 g/mol. The Morgan fingerprint density at radius 2 is 1.85 bits per heavy atom. The molecule has 1 aliphatic rings. The quantitative estimate of drug-likeness (QED) is 0.493. The number of hydrogen-bond donors (Lipinski definition) is 1. The van der Waals surface area contributed by atoms with Crippen molar-refractivity contribution in [3.63, 3.8) is 0 Å². The summed E-state index contributed by atoms with van der Waals surface area (Å²) in [5.41, 5.74) is 2.29. The van der Waals surface area contributed by atoms with E-state index in [-0.39, 0.29) is 24.6 Å². The van der Waals surface area contributed by atoms with E-state index in [1.165, 1.54) is 4.31 Å². The van der Waals surface area contributed by atoms with Crippen molar-refractivity contribution in [2.75, 3.05) is 24.0 Å². The Morgan fingerprint density at radius 3 is 2.59 bits per heavy atom. The largest absolute Gasteiger partial charge is 0.492 e. The second-order valence-electron chi connectivity index (χ2n) is 7.97. The van der Waals surface area contributed by atoms with Crippen LogP contribution in [-0.2, 0) is 14.8 Å². The molecule has 1 N–H and O–H groups in total. The molecule has 0 aromatic heterocycles. The van der Waals surface area contributed by atoms with E-state index in [1.807, 2.05) is 19.9 Å². The van der Waals surface area contributed by atoms with Crippen LogP contribution < -0.4 is 19.1 Å². The Labute approximate surface area is 204 Å². The van der Waals surface area contributed by atoms with Crippen molar-refractivity contribution in [1.29, 1.82) is 0 Å². The number of halogens is 1.